The highest BCUT2D eigenvalue weighted by molar-refractivity contribution is 8.57. The summed E-state index contributed by atoms with van der Waals surface area (Å²) in [6.45, 7) is 0. The van der Waals surface area contributed by atoms with Gasteiger partial charge in [-0.3, -0.25) is 0 Å². The Kier molecular flexibility index (Phi) is 3.73. The molecule has 0 amide bonds. The topological polar surface area (TPSA) is 57.5 Å². The molecule has 2 N–H and O–H groups in total. The highest BCUT2D eigenvalue weighted by atomic mass is 32.7. The lowest BCUT2D eigenvalue weighted by molar-refractivity contribution is 0.330. The molecule has 50 valence electrons. The zero-order valence-electron chi connectivity index (χ0n) is 4.57. The van der Waals surface area contributed by atoms with E-state index in [-0.39, 0.29) is 0 Å². The summed E-state index contributed by atoms with van der Waals surface area (Å²) in [6, 6.07) is 0. The van der Waals surface area contributed by atoms with Crippen LogP contribution < -0.4 is 0 Å². The van der Waals surface area contributed by atoms with Crippen LogP contribution in [0.5, 0.6) is 0 Å². The summed E-state index contributed by atoms with van der Waals surface area (Å²) in [5.41, 5.74) is 0. The molecule has 0 aliphatic heterocycles. The van der Waals surface area contributed by atoms with Gasteiger partial charge in [-0.2, -0.15) is 0 Å². The second-order valence-corrected chi connectivity index (χ2v) is 6.93. The van der Waals surface area contributed by atoms with Crippen molar-refractivity contribution in [1.82, 2.24) is 0 Å². The number of hydrogen-bond acceptors (Lipinski definition) is 4. The quantitative estimate of drug-likeness (QED) is 0.585. The van der Waals surface area contributed by atoms with Crippen LogP contribution in [0, 0.1) is 0 Å². The monoisotopic (exact) mass is 156 g/mol. The van der Waals surface area contributed by atoms with Crippen LogP contribution in [0.4, 0.5) is 0 Å². The molecule has 0 aromatic rings. The first-order chi connectivity index (χ1) is 3.68. The molecule has 0 aliphatic carbocycles. The first-order valence-corrected chi connectivity index (χ1v) is 5.95. The molecule has 0 atom stereocenters. The molecule has 0 aromatic carbocycles. The molecule has 0 rings (SSSR count). The second-order valence-electron chi connectivity index (χ2n) is 1.28. The lowest BCUT2D eigenvalue weighted by Gasteiger charge is -2.06. The smallest absolute Gasteiger partial charge is 0.187 e. The highest BCUT2D eigenvalue weighted by Gasteiger charge is 2.16. The molecule has 0 spiro atoms. The molecule has 0 saturated carbocycles. The number of aliphatic hydroxyl groups excluding tert-OH is 2. The summed E-state index contributed by atoms with van der Waals surface area (Å²) in [5, 5.41) is 16.7. The van der Waals surface area contributed by atoms with Crippen LogP contribution in [0.2, 0.25) is 0 Å². The Bertz CT molecular complexity index is 85.7. The Labute approximate surface area is 52.2 Å². The Morgan fingerprint density at radius 2 is 1.88 bits per heavy atom. The molecule has 0 aromatic heterocycles. The van der Waals surface area contributed by atoms with Crippen molar-refractivity contribution in [2.45, 2.75) is 0 Å². The van der Waals surface area contributed by atoms with Crippen molar-refractivity contribution in [2.75, 3.05) is 19.0 Å². The molecular formula is C3H9O3PS. The molecule has 0 radical (unpaired) electrons. The summed E-state index contributed by atoms with van der Waals surface area (Å²) < 4.78 is 10.8. The maximum atomic E-state index is 10.8. The molecule has 0 bridgehead atoms. The van der Waals surface area contributed by atoms with E-state index in [4.69, 9.17) is 10.2 Å². The number of rotatable bonds is 3. The average Bonchev–Trinajstić information content (AvgIpc) is 1.87. The number of aliphatic hydroxyl groups is 2. The third kappa shape index (κ3) is 2.18. The van der Waals surface area contributed by atoms with Crippen molar-refractivity contribution in [3.8, 4) is 0 Å². The van der Waals surface area contributed by atoms with Gasteiger partial charge in [-0.25, -0.2) is 0 Å². The van der Waals surface area contributed by atoms with Crippen LogP contribution in [0.25, 0.3) is 0 Å². The standard InChI is InChI=1S/C3H9O3PS/c1-8-7(6,2-4)3-5/h4-5H,2-3H2,1H3. The van der Waals surface area contributed by atoms with Crippen LogP contribution in [-0.4, -0.2) is 29.2 Å². The van der Waals surface area contributed by atoms with Gasteiger partial charge >= 0.3 is 0 Å². The van der Waals surface area contributed by atoms with Gasteiger partial charge in [0, 0.05) is 0 Å². The van der Waals surface area contributed by atoms with E-state index in [9.17, 15) is 4.57 Å². The Balaban J connectivity index is 3.79. The van der Waals surface area contributed by atoms with E-state index in [0.717, 1.165) is 11.4 Å². The Morgan fingerprint density at radius 1 is 1.50 bits per heavy atom. The lowest BCUT2D eigenvalue weighted by atomic mass is 11.7. The van der Waals surface area contributed by atoms with Crippen LogP contribution in [0.1, 0.15) is 0 Å². The van der Waals surface area contributed by atoms with Gasteiger partial charge in [-0.15, -0.1) is 0 Å². The van der Waals surface area contributed by atoms with Crippen LogP contribution in [0.3, 0.4) is 0 Å². The summed E-state index contributed by atoms with van der Waals surface area (Å²) in [6.07, 6.45) is -1.85. The van der Waals surface area contributed by atoms with Crippen LogP contribution in [0.15, 0.2) is 0 Å². The fourth-order valence-electron chi connectivity index (χ4n) is 0.160. The number of hydrogen-bond donors (Lipinski definition) is 2. The van der Waals surface area contributed by atoms with Crippen LogP contribution >= 0.6 is 17.7 Å². The van der Waals surface area contributed by atoms with Crippen molar-refractivity contribution in [2.24, 2.45) is 0 Å². The van der Waals surface area contributed by atoms with Crippen molar-refractivity contribution in [3.63, 3.8) is 0 Å². The van der Waals surface area contributed by atoms with Crippen molar-refractivity contribution in [1.29, 1.82) is 0 Å². The molecule has 0 heterocycles. The normalized spacial score (nSPS) is 11.9. The van der Waals surface area contributed by atoms with Gasteiger partial charge in [0.05, 0.1) is 0 Å². The molecule has 0 unspecified atom stereocenters. The molecule has 0 fully saturated rings. The summed E-state index contributed by atoms with van der Waals surface area (Å²) in [4.78, 5) is 0. The predicted octanol–water partition coefficient (Wildman–Crippen LogP) is 0.527. The van der Waals surface area contributed by atoms with E-state index < -0.39 is 19.0 Å². The fraction of sp³-hybridized carbons (Fsp3) is 1.00. The maximum absolute atomic E-state index is 10.8. The van der Waals surface area contributed by atoms with Crippen molar-refractivity contribution in [3.05, 3.63) is 0 Å². The summed E-state index contributed by atoms with van der Waals surface area (Å²) >= 11 is 1.03. The van der Waals surface area contributed by atoms with E-state index in [1.54, 1.807) is 6.26 Å². The largest absolute Gasteiger partial charge is 0.388 e. The zero-order valence-corrected chi connectivity index (χ0v) is 6.28. The third-order valence-electron chi connectivity index (χ3n) is 0.764. The Hall–Kier alpha value is 0.500. The van der Waals surface area contributed by atoms with E-state index >= 15 is 0 Å². The van der Waals surface area contributed by atoms with Gasteiger partial charge in [0.2, 0.25) is 0 Å². The van der Waals surface area contributed by atoms with Gasteiger partial charge in [0.15, 0.2) is 6.34 Å². The van der Waals surface area contributed by atoms with Crippen molar-refractivity contribution < 1.29 is 14.8 Å². The van der Waals surface area contributed by atoms with Gasteiger partial charge in [-0.1, -0.05) is 11.4 Å². The Morgan fingerprint density at radius 3 is 1.88 bits per heavy atom. The summed E-state index contributed by atoms with van der Waals surface area (Å²) in [7, 11) is 0. The molecule has 0 saturated heterocycles. The SMILES string of the molecule is CSP(=O)(CO)CO. The van der Waals surface area contributed by atoms with Gasteiger partial charge in [0.25, 0.3) is 0 Å². The third-order valence-corrected chi connectivity index (χ3v) is 4.98. The van der Waals surface area contributed by atoms with Gasteiger partial charge < -0.3 is 14.8 Å². The highest BCUT2D eigenvalue weighted by Crippen LogP contribution is 2.54. The minimum atomic E-state index is -2.63. The molecular weight excluding hydrogens is 147 g/mol. The van der Waals surface area contributed by atoms with Crippen LogP contribution in [-0.2, 0) is 4.57 Å². The molecule has 5 heteroatoms. The summed E-state index contributed by atoms with van der Waals surface area (Å²) in [5.74, 6) is 0. The van der Waals surface area contributed by atoms with E-state index in [0.29, 0.717) is 0 Å². The van der Waals surface area contributed by atoms with E-state index in [1.165, 1.54) is 0 Å². The van der Waals surface area contributed by atoms with Gasteiger partial charge in [-0.05, 0) is 6.26 Å². The van der Waals surface area contributed by atoms with Crippen molar-refractivity contribution >= 4 is 17.7 Å². The molecule has 3 nitrogen and oxygen atoms in total. The average molecular weight is 156 g/mol. The first kappa shape index (κ1) is 8.50. The van der Waals surface area contributed by atoms with E-state index in [2.05, 4.69) is 0 Å². The second kappa shape index (κ2) is 3.51. The molecule has 8 heavy (non-hydrogen) atoms. The maximum Gasteiger partial charge on any atom is 0.187 e. The van der Waals surface area contributed by atoms with E-state index in [1.807, 2.05) is 0 Å². The predicted molar refractivity (Wildman–Crippen MR) is 35.3 cm³/mol. The lowest BCUT2D eigenvalue weighted by Crippen LogP contribution is -1.87. The zero-order chi connectivity index (χ0) is 6.62. The minimum absolute atomic E-state index is 0.412. The minimum Gasteiger partial charge on any atom is -0.388 e. The fourth-order valence-corrected chi connectivity index (χ4v) is 1.17. The first-order valence-electron chi connectivity index (χ1n) is 2.04. The molecule has 0 aliphatic rings. The van der Waals surface area contributed by atoms with Gasteiger partial charge in [0.1, 0.15) is 12.7 Å².